The molecule has 1 N–H and O–H groups in total. The van der Waals surface area contributed by atoms with Gasteiger partial charge in [0.15, 0.2) is 0 Å². The second-order valence-corrected chi connectivity index (χ2v) is 5.18. The molecule has 0 saturated heterocycles. The van der Waals surface area contributed by atoms with Gasteiger partial charge in [-0.15, -0.1) is 0 Å². The van der Waals surface area contributed by atoms with Crippen LogP contribution in [0, 0.1) is 0 Å². The van der Waals surface area contributed by atoms with Crippen molar-refractivity contribution in [3.63, 3.8) is 0 Å². The Morgan fingerprint density at radius 2 is 2.06 bits per heavy atom. The molecule has 6 heteroatoms. The molecule has 1 aromatic rings. The highest BCUT2D eigenvalue weighted by Gasteiger charge is 2.11. The van der Waals surface area contributed by atoms with Crippen LogP contribution in [0.3, 0.4) is 0 Å². The molecule has 1 rings (SSSR count). The van der Waals surface area contributed by atoms with Crippen molar-refractivity contribution in [3.8, 4) is 0 Å². The van der Waals surface area contributed by atoms with Gasteiger partial charge in [0.25, 0.3) is 10.1 Å². The minimum atomic E-state index is -4.15. The molecule has 0 bridgehead atoms. The number of rotatable bonds is 6. The Hall–Kier alpha value is -1.14. The summed E-state index contributed by atoms with van der Waals surface area (Å²) in [5, 5.41) is 0. The molecule has 0 atom stereocenters. The van der Waals surface area contributed by atoms with Crippen LogP contribution in [0.2, 0.25) is 0 Å². The van der Waals surface area contributed by atoms with Gasteiger partial charge >= 0.3 is 0 Å². The fourth-order valence-corrected chi connectivity index (χ4v) is 1.92. The smallest absolute Gasteiger partial charge is 0.296 e. The molecule has 0 aliphatic rings. The van der Waals surface area contributed by atoms with E-state index in [0.717, 1.165) is 31.7 Å². The predicted octanol–water partition coefficient (Wildman–Crippen LogP) is 1.95. The second-order valence-electron chi connectivity index (χ2n) is 3.76. The van der Waals surface area contributed by atoms with Crippen molar-refractivity contribution in [1.82, 2.24) is 4.98 Å². The van der Waals surface area contributed by atoms with Crippen LogP contribution in [0.4, 0.5) is 5.82 Å². The summed E-state index contributed by atoms with van der Waals surface area (Å²) in [6.45, 7) is 5.85. The zero-order valence-electron chi connectivity index (χ0n) is 10.1. The zero-order chi connectivity index (χ0) is 12.9. The molecular weight excluding hydrogens is 240 g/mol. The van der Waals surface area contributed by atoms with Crippen LogP contribution in [-0.2, 0) is 10.1 Å². The van der Waals surface area contributed by atoms with Gasteiger partial charge in [-0.25, -0.2) is 4.98 Å². The lowest BCUT2D eigenvalue weighted by atomic mass is 10.3. The molecule has 0 radical (unpaired) electrons. The van der Waals surface area contributed by atoms with E-state index in [2.05, 4.69) is 16.8 Å². The molecule has 1 aromatic heterocycles. The molecule has 0 spiro atoms. The van der Waals surface area contributed by atoms with Crippen molar-refractivity contribution in [1.29, 1.82) is 0 Å². The number of pyridine rings is 1. The number of unbranched alkanes of at least 4 members (excludes halogenated alkanes) is 1. The van der Waals surface area contributed by atoms with Gasteiger partial charge in [-0.05, 0) is 25.5 Å². The van der Waals surface area contributed by atoms with Crippen molar-refractivity contribution >= 4 is 15.9 Å². The molecule has 96 valence electrons. The van der Waals surface area contributed by atoms with Crippen molar-refractivity contribution in [2.24, 2.45) is 0 Å². The van der Waals surface area contributed by atoms with Crippen molar-refractivity contribution in [2.75, 3.05) is 18.0 Å². The summed E-state index contributed by atoms with van der Waals surface area (Å²) in [4.78, 5) is 5.95. The highest BCUT2D eigenvalue weighted by atomic mass is 32.2. The minimum Gasteiger partial charge on any atom is -0.357 e. The van der Waals surface area contributed by atoms with E-state index in [1.54, 1.807) is 6.07 Å². The molecular formula is C11H18N2O3S. The lowest BCUT2D eigenvalue weighted by Gasteiger charge is -2.21. The number of hydrogen-bond acceptors (Lipinski definition) is 4. The highest BCUT2D eigenvalue weighted by Crippen LogP contribution is 2.14. The quantitative estimate of drug-likeness (QED) is 0.790. The van der Waals surface area contributed by atoms with Crippen LogP contribution in [0.5, 0.6) is 0 Å². The van der Waals surface area contributed by atoms with Gasteiger partial charge in [0, 0.05) is 13.1 Å². The highest BCUT2D eigenvalue weighted by molar-refractivity contribution is 7.85. The van der Waals surface area contributed by atoms with E-state index in [1.165, 1.54) is 12.3 Å². The van der Waals surface area contributed by atoms with Crippen molar-refractivity contribution in [2.45, 2.75) is 31.6 Å². The molecule has 1 heterocycles. The van der Waals surface area contributed by atoms with E-state index >= 15 is 0 Å². The molecule has 0 aliphatic heterocycles. The third kappa shape index (κ3) is 3.98. The fraction of sp³-hybridized carbons (Fsp3) is 0.545. The Morgan fingerprint density at radius 3 is 2.47 bits per heavy atom. The summed E-state index contributed by atoms with van der Waals surface area (Å²) in [5.74, 6) is 0.730. The van der Waals surface area contributed by atoms with Crippen LogP contribution in [0.1, 0.15) is 26.7 Å². The van der Waals surface area contributed by atoms with Crippen LogP contribution in [0.15, 0.2) is 23.2 Å². The monoisotopic (exact) mass is 258 g/mol. The normalized spacial score (nSPS) is 11.5. The summed E-state index contributed by atoms with van der Waals surface area (Å²) >= 11 is 0. The average Bonchev–Trinajstić information content (AvgIpc) is 2.29. The predicted molar refractivity (Wildman–Crippen MR) is 66.8 cm³/mol. The standard InChI is InChI=1S/C11H18N2O3S/c1-3-5-8-13(4-2)11-7-6-10(9-12-11)17(14,15)16/h6-7,9H,3-5,8H2,1-2H3,(H,14,15,16). The lowest BCUT2D eigenvalue weighted by molar-refractivity contribution is 0.483. The number of aromatic nitrogens is 1. The van der Waals surface area contributed by atoms with Gasteiger partial charge in [-0.3, -0.25) is 4.55 Å². The Labute approximate surface area is 102 Å². The van der Waals surface area contributed by atoms with Crippen LogP contribution < -0.4 is 4.90 Å². The van der Waals surface area contributed by atoms with Gasteiger partial charge in [0.2, 0.25) is 0 Å². The molecule has 17 heavy (non-hydrogen) atoms. The first-order valence-corrected chi connectivity index (χ1v) is 7.11. The Morgan fingerprint density at radius 1 is 1.35 bits per heavy atom. The van der Waals surface area contributed by atoms with Gasteiger partial charge in [-0.2, -0.15) is 8.42 Å². The SMILES string of the molecule is CCCCN(CC)c1ccc(S(=O)(=O)O)cn1. The summed E-state index contributed by atoms with van der Waals surface area (Å²) < 4.78 is 30.6. The van der Waals surface area contributed by atoms with Gasteiger partial charge in [-0.1, -0.05) is 13.3 Å². The Kier molecular flexibility index (Phi) is 4.89. The first-order chi connectivity index (χ1) is 7.99. The lowest BCUT2D eigenvalue weighted by Crippen LogP contribution is -2.24. The number of nitrogens with zero attached hydrogens (tertiary/aromatic N) is 2. The summed E-state index contributed by atoms with van der Waals surface area (Å²) in [5.41, 5.74) is 0. The molecule has 0 saturated carbocycles. The maximum absolute atomic E-state index is 10.9. The van der Waals surface area contributed by atoms with Gasteiger partial charge < -0.3 is 4.90 Å². The zero-order valence-corrected chi connectivity index (χ0v) is 10.9. The average molecular weight is 258 g/mol. The van der Waals surface area contributed by atoms with Crippen molar-refractivity contribution < 1.29 is 13.0 Å². The van der Waals surface area contributed by atoms with E-state index in [4.69, 9.17) is 4.55 Å². The first kappa shape index (κ1) is 13.9. The molecule has 0 amide bonds. The molecule has 0 aromatic carbocycles. The van der Waals surface area contributed by atoms with Crippen LogP contribution in [-0.4, -0.2) is 31.0 Å². The molecule has 0 aliphatic carbocycles. The molecule has 0 unspecified atom stereocenters. The third-order valence-corrected chi connectivity index (χ3v) is 3.34. The maximum Gasteiger partial charge on any atom is 0.296 e. The van der Waals surface area contributed by atoms with Crippen LogP contribution >= 0.6 is 0 Å². The van der Waals surface area contributed by atoms with E-state index < -0.39 is 10.1 Å². The van der Waals surface area contributed by atoms with E-state index in [0.29, 0.717) is 0 Å². The van der Waals surface area contributed by atoms with E-state index in [-0.39, 0.29) is 4.90 Å². The Balaban J connectivity index is 2.85. The Bertz CT molecular complexity index is 442. The fourth-order valence-electron chi connectivity index (χ4n) is 1.50. The minimum absolute atomic E-state index is 0.173. The molecule has 5 nitrogen and oxygen atoms in total. The largest absolute Gasteiger partial charge is 0.357 e. The van der Waals surface area contributed by atoms with Gasteiger partial charge in [0.1, 0.15) is 10.7 Å². The second kappa shape index (κ2) is 5.97. The van der Waals surface area contributed by atoms with Crippen molar-refractivity contribution in [3.05, 3.63) is 18.3 Å². The summed E-state index contributed by atoms with van der Waals surface area (Å²) in [7, 11) is -4.15. The first-order valence-electron chi connectivity index (χ1n) is 5.67. The van der Waals surface area contributed by atoms with E-state index in [9.17, 15) is 8.42 Å². The number of anilines is 1. The maximum atomic E-state index is 10.9. The third-order valence-electron chi connectivity index (χ3n) is 2.51. The number of hydrogen-bond donors (Lipinski definition) is 1. The summed E-state index contributed by atoms with van der Waals surface area (Å²) in [6.07, 6.45) is 3.34. The van der Waals surface area contributed by atoms with Crippen LogP contribution in [0.25, 0.3) is 0 Å². The van der Waals surface area contributed by atoms with Gasteiger partial charge in [0.05, 0.1) is 6.20 Å². The summed E-state index contributed by atoms with van der Waals surface area (Å²) in [6, 6.07) is 2.98. The van der Waals surface area contributed by atoms with E-state index in [1.807, 2.05) is 6.92 Å². The molecule has 0 fully saturated rings. The topological polar surface area (TPSA) is 70.5 Å².